The molecule has 0 amide bonds. The first-order valence-corrected chi connectivity index (χ1v) is 28.3. The van der Waals surface area contributed by atoms with Crippen LogP contribution in [0.25, 0.3) is 0 Å². The summed E-state index contributed by atoms with van der Waals surface area (Å²) in [4.78, 5) is 38.0. The van der Waals surface area contributed by atoms with Gasteiger partial charge in [-0.2, -0.15) is 0 Å². The van der Waals surface area contributed by atoms with Crippen LogP contribution in [0.15, 0.2) is 0 Å². The van der Waals surface area contributed by atoms with Gasteiger partial charge in [-0.05, 0) is 31.1 Å². The lowest BCUT2D eigenvalue weighted by Gasteiger charge is -2.18. The van der Waals surface area contributed by atoms with Gasteiger partial charge in [-0.25, -0.2) is 0 Å². The normalized spacial score (nSPS) is 12.5. The molecule has 0 aromatic rings. The van der Waals surface area contributed by atoms with Gasteiger partial charge < -0.3 is 14.2 Å². The van der Waals surface area contributed by atoms with E-state index in [1.165, 1.54) is 205 Å². The average Bonchev–Trinajstić information content (AvgIpc) is 3.27. The van der Waals surface area contributed by atoms with E-state index in [-0.39, 0.29) is 31.1 Å². The van der Waals surface area contributed by atoms with Crippen molar-refractivity contribution in [2.24, 2.45) is 11.8 Å². The SMILES string of the molecule is CCCCCCCCCCCCCCCCC(=O)OC[C@@H](COC(=O)CCCCCCCCC(C)C)OC(=O)CCCCCCCCCCCCCCCCCCCCC(C)CC. The monoisotopic (exact) mass is 891 g/mol. The standard InChI is InChI=1S/C57H110O6/c1-6-8-9-10-11-12-13-14-22-25-28-31-37-42-47-55(58)61-50-54(51-62-56(59)48-43-38-34-33-35-40-45-52(3)4)63-57(60)49-44-39-32-29-26-23-20-18-16-15-17-19-21-24-27-30-36-41-46-53(5)7-2/h52-54H,6-51H2,1-5H3/t53?,54-/m0/s1. The van der Waals surface area contributed by atoms with Gasteiger partial charge in [-0.15, -0.1) is 0 Å². The predicted octanol–water partition coefficient (Wildman–Crippen LogP) is 18.5. The van der Waals surface area contributed by atoms with Gasteiger partial charge in [0.2, 0.25) is 0 Å². The van der Waals surface area contributed by atoms with Crippen molar-refractivity contribution in [1.82, 2.24) is 0 Å². The lowest BCUT2D eigenvalue weighted by Crippen LogP contribution is -2.30. The largest absolute Gasteiger partial charge is 0.462 e. The Hall–Kier alpha value is -1.59. The number of hydrogen-bond acceptors (Lipinski definition) is 6. The molecule has 0 fully saturated rings. The summed E-state index contributed by atoms with van der Waals surface area (Å²) in [6.45, 7) is 11.4. The van der Waals surface area contributed by atoms with Crippen molar-refractivity contribution >= 4 is 17.9 Å². The second-order valence-electron chi connectivity index (χ2n) is 20.3. The van der Waals surface area contributed by atoms with Gasteiger partial charge in [0.15, 0.2) is 6.10 Å². The minimum absolute atomic E-state index is 0.0638. The highest BCUT2D eigenvalue weighted by molar-refractivity contribution is 5.71. The van der Waals surface area contributed by atoms with Crippen molar-refractivity contribution in [2.75, 3.05) is 13.2 Å². The second kappa shape index (κ2) is 49.8. The maximum atomic E-state index is 12.8. The van der Waals surface area contributed by atoms with Gasteiger partial charge in [0, 0.05) is 19.3 Å². The van der Waals surface area contributed by atoms with Crippen LogP contribution in [-0.2, 0) is 28.6 Å². The summed E-state index contributed by atoms with van der Waals surface area (Å²) in [6.07, 6.45) is 52.5. The minimum atomic E-state index is -0.762. The topological polar surface area (TPSA) is 78.9 Å². The number of ether oxygens (including phenoxy) is 3. The van der Waals surface area contributed by atoms with Crippen LogP contribution in [0.3, 0.4) is 0 Å². The maximum absolute atomic E-state index is 12.8. The lowest BCUT2D eigenvalue weighted by molar-refractivity contribution is -0.167. The van der Waals surface area contributed by atoms with E-state index in [4.69, 9.17) is 14.2 Å². The fraction of sp³-hybridized carbons (Fsp3) is 0.947. The van der Waals surface area contributed by atoms with Crippen LogP contribution in [0.2, 0.25) is 0 Å². The summed E-state index contributed by atoms with van der Waals surface area (Å²) in [6, 6.07) is 0. The average molecular weight is 892 g/mol. The molecule has 0 aliphatic rings. The molecule has 63 heavy (non-hydrogen) atoms. The Kier molecular flexibility index (Phi) is 48.6. The van der Waals surface area contributed by atoms with Crippen molar-refractivity contribution in [3.05, 3.63) is 0 Å². The van der Waals surface area contributed by atoms with Crippen LogP contribution in [0.4, 0.5) is 0 Å². The molecule has 1 unspecified atom stereocenters. The third-order valence-corrected chi connectivity index (χ3v) is 13.3. The first-order chi connectivity index (χ1) is 30.8. The fourth-order valence-electron chi connectivity index (χ4n) is 8.66. The Bertz CT molecular complexity index is 964. The van der Waals surface area contributed by atoms with Crippen LogP contribution >= 0.6 is 0 Å². The molecular formula is C57H110O6. The molecule has 0 radical (unpaired) electrons. The number of carbonyl (C=O) groups excluding carboxylic acids is 3. The number of unbranched alkanes of at least 4 members (excludes halogenated alkanes) is 35. The van der Waals surface area contributed by atoms with Crippen molar-refractivity contribution in [1.29, 1.82) is 0 Å². The Morgan fingerprint density at radius 2 is 0.603 bits per heavy atom. The van der Waals surface area contributed by atoms with Crippen LogP contribution in [0.5, 0.6) is 0 Å². The maximum Gasteiger partial charge on any atom is 0.306 e. The van der Waals surface area contributed by atoms with E-state index in [0.29, 0.717) is 19.3 Å². The molecule has 0 aromatic carbocycles. The molecule has 0 saturated carbocycles. The molecule has 0 N–H and O–H groups in total. The first kappa shape index (κ1) is 61.4. The second-order valence-corrected chi connectivity index (χ2v) is 20.3. The summed E-state index contributed by atoms with van der Waals surface area (Å²) in [5, 5.41) is 0. The molecule has 6 nitrogen and oxygen atoms in total. The van der Waals surface area contributed by atoms with Gasteiger partial charge >= 0.3 is 17.9 Å². The molecule has 0 spiro atoms. The molecule has 374 valence electrons. The first-order valence-electron chi connectivity index (χ1n) is 28.3. The quantitative estimate of drug-likeness (QED) is 0.0344. The molecule has 6 heteroatoms. The Balaban J connectivity index is 4.19. The molecule has 0 aliphatic heterocycles. The van der Waals surface area contributed by atoms with Gasteiger partial charge in [0.1, 0.15) is 13.2 Å². The molecule has 0 rings (SSSR count). The summed E-state index contributed by atoms with van der Waals surface area (Å²) >= 11 is 0. The molecule has 2 atom stereocenters. The van der Waals surface area contributed by atoms with E-state index in [1.54, 1.807) is 0 Å². The number of hydrogen-bond donors (Lipinski definition) is 0. The van der Waals surface area contributed by atoms with E-state index in [1.807, 2.05) is 0 Å². The highest BCUT2D eigenvalue weighted by atomic mass is 16.6. The van der Waals surface area contributed by atoms with E-state index in [0.717, 1.165) is 69.6 Å². The van der Waals surface area contributed by atoms with Crippen LogP contribution in [0, 0.1) is 11.8 Å². The van der Waals surface area contributed by atoms with Crippen molar-refractivity contribution in [2.45, 2.75) is 323 Å². The third kappa shape index (κ3) is 49.7. The summed E-state index contributed by atoms with van der Waals surface area (Å²) in [5.74, 6) is 0.825. The van der Waals surface area contributed by atoms with E-state index >= 15 is 0 Å². The summed E-state index contributed by atoms with van der Waals surface area (Å²) in [5.41, 5.74) is 0. The fourth-order valence-corrected chi connectivity index (χ4v) is 8.66. The Morgan fingerprint density at radius 3 is 0.905 bits per heavy atom. The zero-order valence-corrected chi connectivity index (χ0v) is 43.2. The van der Waals surface area contributed by atoms with Crippen molar-refractivity contribution in [3.63, 3.8) is 0 Å². The third-order valence-electron chi connectivity index (χ3n) is 13.3. The van der Waals surface area contributed by atoms with Crippen molar-refractivity contribution < 1.29 is 28.6 Å². The lowest BCUT2D eigenvalue weighted by atomic mass is 9.99. The van der Waals surface area contributed by atoms with E-state index < -0.39 is 6.10 Å². The summed E-state index contributed by atoms with van der Waals surface area (Å²) in [7, 11) is 0. The highest BCUT2D eigenvalue weighted by Crippen LogP contribution is 2.18. The Morgan fingerprint density at radius 1 is 0.333 bits per heavy atom. The van der Waals surface area contributed by atoms with Gasteiger partial charge in [0.05, 0.1) is 0 Å². The number of esters is 3. The molecular weight excluding hydrogens is 781 g/mol. The van der Waals surface area contributed by atoms with Gasteiger partial charge in [-0.1, -0.05) is 279 Å². The van der Waals surface area contributed by atoms with Crippen LogP contribution in [-0.4, -0.2) is 37.2 Å². The van der Waals surface area contributed by atoms with Crippen molar-refractivity contribution in [3.8, 4) is 0 Å². The molecule has 0 aliphatic carbocycles. The van der Waals surface area contributed by atoms with Gasteiger partial charge in [-0.3, -0.25) is 14.4 Å². The van der Waals surface area contributed by atoms with Crippen LogP contribution in [0.1, 0.15) is 317 Å². The smallest absolute Gasteiger partial charge is 0.306 e. The molecule has 0 bridgehead atoms. The number of rotatable bonds is 51. The molecule has 0 saturated heterocycles. The minimum Gasteiger partial charge on any atom is -0.462 e. The molecule has 0 aromatic heterocycles. The van der Waals surface area contributed by atoms with E-state index in [2.05, 4.69) is 34.6 Å². The number of carbonyl (C=O) groups is 3. The summed E-state index contributed by atoms with van der Waals surface area (Å²) < 4.78 is 16.8. The zero-order chi connectivity index (χ0) is 46.1. The van der Waals surface area contributed by atoms with Crippen LogP contribution < -0.4 is 0 Å². The molecule has 0 heterocycles. The predicted molar refractivity (Wildman–Crippen MR) is 270 cm³/mol. The van der Waals surface area contributed by atoms with E-state index in [9.17, 15) is 14.4 Å². The Labute approximate surface area is 393 Å². The highest BCUT2D eigenvalue weighted by Gasteiger charge is 2.19. The zero-order valence-electron chi connectivity index (χ0n) is 43.2. The van der Waals surface area contributed by atoms with Gasteiger partial charge in [0.25, 0.3) is 0 Å².